The largest absolute Gasteiger partial charge is 0.319 e. The van der Waals surface area contributed by atoms with Crippen molar-refractivity contribution in [1.29, 1.82) is 0 Å². The highest BCUT2D eigenvalue weighted by molar-refractivity contribution is 5.85. The first-order valence-electron chi connectivity index (χ1n) is 3.91. The molecule has 2 nitrogen and oxygen atoms in total. The molecular formula is C9H17NO. The van der Waals surface area contributed by atoms with E-state index in [-0.39, 0.29) is 5.78 Å². The highest BCUT2D eigenvalue weighted by Gasteiger charge is 2.22. The molecule has 0 aromatic rings. The van der Waals surface area contributed by atoms with E-state index < -0.39 is 5.54 Å². The summed E-state index contributed by atoms with van der Waals surface area (Å²) >= 11 is 0. The molecule has 0 bridgehead atoms. The van der Waals surface area contributed by atoms with Gasteiger partial charge in [0.15, 0.2) is 0 Å². The van der Waals surface area contributed by atoms with Crippen molar-refractivity contribution in [2.75, 3.05) is 0 Å². The lowest BCUT2D eigenvalue weighted by Gasteiger charge is -2.20. The van der Waals surface area contributed by atoms with Gasteiger partial charge in [0.2, 0.25) is 0 Å². The number of unbranched alkanes of at least 4 members (excludes halogenated alkanes) is 1. The van der Waals surface area contributed by atoms with E-state index in [2.05, 4.69) is 6.58 Å². The lowest BCUT2D eigenvalue weighted by atomic mass is 9.92. The van der Waals surface area contributed by atoms with Crippen LogP contribution in [0.4, 0.5) is 0 Å². The molecule has 0 rings (SSSR count). The highest BCUT2D eigenvalue weighted by atomic mass is 16.1. The maximum absolute atomic E-state index is 10.9. The number of allylic oxidation sites excluding steroid dienone is 1. The van der Waals surface area contributed by atoms with E-state index in [9.17, 15) is 4.79 Å². The van der Waals surface area contributed by atoms with Crippen molar-refractivity contribution in [2.24, 2.45) is 5.73 Å². The third-order valence-electron chi connectivity index (χ3n) is 1.91. The Morgan fingerprint density at radius 2 is 2.27 bits per heavy atom. The van der Waals surface area contributed by atoms with Gasteiger partial charge in [-0.1, -0.05) is 6.08 Å². The van der Waals surface area contributed by atoms with Crippen LogP contribution in [0.15, 0.2) is 12.7 Å². The van der Waals surface area contributed by atoms with Crippen molar-refractivity contribution >= 4 is 5.78 Å². The predicted molar refractivity (Wildman–Crippen MR) is 47.3 cm³/mol. The molecule has 0 saturated heterocycles. The molecule has 0 aromatic heterocycles. The summed E-state index contributed by atoms with van der Waals surface area (Å²) in [6, 6.07) is 0. The fourth-order valence-electron chi connectivity index (χ4n) is 0.790. The standard InChI is InChI=1S/C9H17NO/c1-4-5-6-7-9(3,10)8(2)11/h4H,1,5-7,10H2,2-3H3/t9-/m0/s1. The number of hydrogen-bond donors (Lipinski definition) is 1. The summed E-state index contributed by atoms with van der Waals surface area (Å²) in [6.07, 6.45) is 4.46. The first-order valence-corrected chi connectivity index (χ1v) is 3.91. The molecule has 0 aliphatic heterocycles. The number of nitrogens with two attached hydrogens (primary N) is 1. The molecule has 0 amide bonds. The minimum absolute atomic E-state index is 0.0570. The Balaban J connectivity index is 3.72. The van der Waals surface area contributed by atoms with Gasteiger partial charge in [-0.25, -0.2) is 0 Å². The van der Waals surface area contributed by atoms with Crippen LogP contribution in [-0.4, -0.2) is 11.3 Å². The number of ketones is 1. The molecule has 0 aromatic carbocycles. The van der Waals surface area contributed by atoms with E-state index in [1.807, 2.05) is 6.08 Å². The SMILES string of the molecule is C=CCCC[C@](C)(N)C(C)=O. The Morgan fingerprint density at radius 1 is 1.73 bits per heavy atom. The predicted octanol–water partition coefficient (Wildman–Crippen LogP) is 1.65. The fourth-order valence-corrected chi connectivity index (χ4v) is 0.790. The van der Waals surface area contributed by atoms with Crippen LogP contribution < -0.4 is 5.73 Å². The minimum Gasteiger partial charge on any atom is -0.319 e. The van der Waals surface area contributed by atoms with Gasteiger partial charge in [-0.2, -0.15) is 0 Å². The van der Waals surface area contributed by atoms with Gasteiger partial charge in [-0.15, -0.1) is 6.58 Å². The second kappa shape index (κ2) is 4.29. The van der Waals surface area contributed by atoms with E-state index in [4.69, 9.17) is 5.73 Å². The van der Waals surface area contributed by atoms with Crippen molar-refractivity contribution in [3.63, 3.8) is 0 Å². The summed E-state index contributed by atoms with van der Waals surface area (Å²) in [4.78, 5) is 10.9. The van der Waals surface area contributed by atoms with Crippen LogP contribution in [0, 0.1) is 0 Å². The second-order valence-electron chi connectivity index (χ2n) is 3.15. The molecule has 0 aliphatic rings. The van der Waals surface area contributed by atoms with E-state index in [0.29, 0.717) is 0 Å². The van der Waals surface area contributed by atoms with Crippen LogP contribution in [0.3, 0.4) is 0 Å². The normalized spacial score (nSPS) is 15.5. The molecule has 11 heavy (non-hydrogen) atoms. The number of rotatable bonds is 5. The minimum atomic E-state index is -0.636. The van der Waals surface area contributed by atoms with Gasteiger partial charge < -0.3 is 5.73 Å². The first kappa shape index (κ1) is 10.4. The highest BCUT2D eigenvalue weighted by Crippen LogP contribution is 2.11. The summed E-state index contributed by atoms with van der Waals surface area (Å²) in [6.45, 7) is 6.91. The first-order chi connectivity index (χ1) is 5.00. The quantitative estimate of drug-likeness (QED) is 0.484. The van der Waals surface area contributed by atoms with Crippen LogP contribution in [0.25, 0.3) is 0 Å². The average Bonchev–Trinajstić information content (AvgIpc) is 1.88. The molecule has 64 valence electrons. The van der Waals surface area contributed by atoms with Gasteiger partial charge in [0.25, 0.3) is 0 Å². The maximum Gasteiger partial charge on any atom is 0.149 e. The summed E-state index contributed by atoms with van der Waals surface area (Å²) in [7, 11) is 0. The van der Waals surface area contributed by atoms with Crippen LogP contribution in [0.1, 0.15) is 33.1 Å². The molecule has 0 unspecified atom stereocenters. The van der Waals surface area contributed by atoms with Crippen LogP contribution in [0.5, 0.6) is 0 Å². The molecule has 0 heterocycles. The molecule has 0 saturated carbocycles. The molecule has 0 fully saturated rings. The second-order valence-corrected chi connectivity index (χ2v) is 3.15. The van der Waals surface area contributed by atoms with E-state index in [1.54, 1.807) is 6.92 Å². The lowest BCUT2D eigenvalue weighted by Crippen LogP contribution is -2.43. The molecule has 2 heteroatoms. The van der Waals surface area contributed by atoms with Gasteiger partial charge >= 0.3 is 0 Å². The van der Waals surface area contributed by atoms with Crippen molar-refractivity contribution in [1.82, 2.24) is 0 Å². The van der Waals surface area contributed by atoms with Crippen molar-refractivity contribution in [2.45, 2.75) is 38.6 Å². The zero-order valence-electron chi connectivity index (χ0n) is 7.39. The Morgan fingerprint density at radius 3 is 2.64 bits per heavy atom. The zero-order valence-corrected chi connectivity index (χ0v) is 7.39. The van der Waals surface area contributed by atoms with Gasteiger partial charge in [0.05, 0.1) is 5.54 Å². The molecule has 1 atom stereocenters. The maximum atomic E-state index is 10.9. The fraction of sp³-hybridized carbons (Fsp3) is 0.667. The third-order valence-corrected chi connectivity index (χ3v) is 1.91. The molecule has 0 spiro atoms. The Labute approximate surface area is 68.5 Å². The summed E-state index contributed by atoms with van der Waals surface area (Å²) < 4.78 is 0. The number of carbonyl (C=O) groups excluding carboxylic acids is 1. The smallest absolute Gasteiger partial charge is 0.149 e. The van der Waals surface area contributed by atoms with Crippen LogP contribution in [-0.2, 0) is 4.79 Å². The molecule has 2 N–H and O–H groups in total. The Hall–Kier alpha value is -0.630. The van der Waals surface area contributed by atoms with E-state index >= 15 is 0 Å². The summed E-state index contributed by atoms with van der Waals surface area (Å²) in [5.41, 5.74) is 5.08. The summed E-state index contributed by atoms with van der Waals surface area (Å²) in [5.74, 6) is 0.0570. The molecular weight excluding hydrogens is 138 g/mol. The Kier molecular flexibility index (Phi) is 4.04. The number of Topliss-reactive ketones (excluding diaryl/α,β-unsaturated/α-hetero) is 1. The summed E-state index contributed by atoms with van der Waals surface area (Å²) in [5, 5.41) is 0. The average molecular weight is 155 g/mol. The van der Waals surface area contributed by atoms with Crippen molar-refractivity contribution < 1.29 is 4.79 Å². The van der Waals surface area contributed by atoms with Gasteiger partial charge in [0.1, 0.15) is 5.78 Å². The topological polar surface area (TPSA) is 43.1 Å². The van der Waals surface area contributed by atoms with Gasteiger partial charge in [-0.05, 0) is 33.1 Å². The van der Waals surface area contributed by atoms with Crippen LogP contribution >= 0.6 is 0 Å². The van der Waals surface area contributed by atoms with Crippen LogP contribution in [0.2, 0.25) is 0 Å². The molecule has 0 radical (unpaired) electrons. The zero-order chi connectivity index (χ0) is 8.91. The van der Waals surface area contributed by atoms with Gasteiger partial charge in [-0.3, -0.25) is 4.79 Å². The van der Waals surface area contributed by atoms with E-state index in [1.165, 1.54) is 6.92 Å². The number of hydrogen-bond acceptors (Lipinski definition) is 2. The lowest BCUT2D eigenvalue weighted by molar-refractivity contribution is -0.121. The third kappa shape index (κ3) is 3.94. The van der Waals surface area contributed by atoms with E-state index in [0.717, 1.165) is 19.3 Å². The van der Waals surface area contributed by atoms with Gasteiger partial charge in [0, 0.05) is 0 Å². The monoisotopic (exact) mass is 155 g/mol. The number of carbonyl (C=O) groups is 1. The Bertz CT molecular complexity index is 150. The van der Waals surface area contributed by atoms with Crippen molar-refractivity contribution in [3.05, 3.63) is 12.7 Å². The van der Waals surface area contributed by atoms with Crippen molar-refractivity contribution in [3.8, 4) is 0 Å². The molecule has 0 aliphatic carbocycles.